The van der Waals surface area contributed by atoms with Crippen LogP contribution in [0.5, 0.6) is 0 Å². The van der Waals surface area contributed by atoms with Crippen LogP contribution < -0.4 is 4.90 Å². The van der Waals surface area contributed by atoms with Crippen LogP contribution in [-0.4, -0.2) is 23.4 Å². The molecular weight excluding hydrogens is 484 g/mol. The second kappa shape index (κ2) is 8.68. The molecule has 0 spiro atoms. The average Bonchev–Trinajstić information content (AvgIpc) is 3.31. The third-order valence-corrected chi connectivity index (χ3v) is 11.0. The number of hydrogen-bond donors (Lipinski definition) is 0. The molecular formula is C38H43N2+. The molecule has 2 heteroatoms. The van der Waals surface area contributed by atoms with Crippen LogP contribution in [-0.2, 0) is 23.7 Å². The van der Waals surface area contributed by atoms with Crippen LogP contribution in [0.25, 0.3) is 0 Å². The Bertz CT molecular complexity index is 1600. The van der Waals surface area contributed by atoms with E-state index < -0.39 is 0 Å². The molecule has 4 heterocycles. The van der Waals surface area contributed by atoms with E-state index in [2.05, 4.69) is 97.9 Å². The summed E-state index contributed by atoms with van der Waals surface area (Å²) >= 11 is 0. The van der Waals surface area contributed by atoms with Gasteiger partial charge in [-0.05, 0) is 98.6 Å². The van der Waals surface area contributed by atoms with Gasteiger partial charge >= 0.3 is 0 Å². The number of para-hydroxylation sites is 2. The van der Waals surface area contributed by atoms with Gasteiger partial charge in [0.25, 0.3) is 0 Å². The van der Waals surface area contributed by atoms with Gasteiger partial charge in [-0.15, -0.1) is 0 Å². The minimum atomic E-state index is 0.0619. The largest absolute Gasteiger partial charge is 0.344 e. The van der Waals surface area contributed by atoms with Crippen LogP contribution in [0.1, 0.15) is 88.5 Å². The molecule has 1 atom stereocenters. The summed E-state index contributed by atoms with van der Waals surface area (Å²) in [6.07, 6.45) is 20.2. The maximum absolute atomic E-state index is 2.66. The standard InChI is InChI=1S/C38H43N2/c1-37(2)31-13-5-9-28-11-7-19-39(35(28)31)33(37)23-25-15-17-27-18-16-26(22-30(27)21-25)24-34-38(3,4)32-14-6-10-29-12-8-20-40(34)36(29)32/h5-6,9-10,13-14,21-24,27H,7-8,11-12,15-20H2,1-4H3/q+1. The molecule has 0 aromatic heterocycles. The van der Waals surface area contributed by atoms with Gasteiger partial charge in [0, 0.05) is 47.0 Å². The first kappa shape index (κ1) is 24.6. The van der Waals surface area contributed by atoms with Gasteiger partial charge in [0.05, 0.1) is 5.41 Å². The molecule has 0 fully saturated rings. The summed E-state index contributed by atoms with van der Waals surface area (Å²) in [7, 11) is 0. The first-order valence-corrected chi connectivity index (χ1v) is 15.8. The number of fused-ring (bicyclic) bond motifs is 1. The van der Waals surface area contributed by atoms with E-state index in [4.69, 9.17) is 0 Å². The second-order valence-electron chi connectivity index (χ2n) is 14.2. The Hall–Kier alpha value is -3.13. The normalized spacial score (nSPS) is 27.4. The average molecular weight is 528 g/mol. The zero-order valence-corrected chi connectivity index (χ0v) is 24.8. The Morgan fingerprint density at radius 3 is 2.45 bits per heavy atom. The third-order valence-electron chi connectivity index (χ3n) is 11.0. The predicted molar refractivity (Wildman–Crippen MR) is 167 cm³/mol. The van der Waals surface area contributed by atoms with Crippen LogP contribution >= 0.6 is 0 Å². The smallest absolute Gasteiger partial charge is 0.212 e. The van der Waals surface area contributed by atoms with Crippen molar-refractivity contribution in [3.63, 3.8) is 0 Å². The van der Waals surface area contributed by atoms with Crippen molar-refractivity contribution in [2.75, 3.05) is 18.0 Å². The molecule has 2 nitrogen and oxygen atoms in total. The SMILES string of the molecule is CC1(C)C(/C=C2/C=C3C=C(/C=C4/N5CCCc6cccc(c65)C4(C)C)CCC3CC2)=[N+]2CCCc3cccc1c32. The van der Waals surface area contributed by atoms with Gasteiger partial charge in [-0.3, -0.25) is 0 Å². The van der Waals surface area contributed by atoms with Crippen molar-refractivity contribution in [2.24, 2.45) is 5.92 Å². The lowest BCUT2D eigenvalue weighted by Crippen LogP contribution is -2.29. The van der Waals surface area contributed by atoms with E-state index in [-0.39, 0.29) is 10.8 Å². The zero-order valence-electron chi connectivity index (χ0n) is 24.8. The predicted octanol–water partition coefficient (Wildman–Crippen LogP) is 8.62. The van der Waals surface area contributed by atoms with Gasteiger partial charge < -0.3 is 4.90 Å². The fraction of sp³-hybridized carbons (Fsp3) is 0.447. The van der Waals surface area contributed by atoms with E-state index in [1.165, 1.54) is 108 Å². The molecule has 0 amide bonds. The van der Waals surface area contributed by atoms with Crippen molar-refractivity contribution >= 4 is 17.1 Å². The first-order valence-electron chi connectivity index (χ1n) is 15.8. The molecule has 8 rings (SSSR count). The van der Waals surface area contributed by atoms with Crippen molar-refractivity contribution in [3.05, 3.63) is 105 Å². The molecule has 0 bridgehead atoms. The van der Waals surface area contributed by atoms with Crippen LogP contribution in [0.2, 0.25) is 0 Å². The number of benzene rings is 2. The molecule has 0 saturated carbocycles. The van der Waals surface area contributed by atoms with Crippen molar-refractivity contribution in [1.29, 1.82) is 0 Å². The van der Waals surface area contributed by atoms with Crippen molar-refractivity contribution in [1.82, 2.24) is 0 Å². The topological polar surface area (TPSA) is 6.25 Å². The molecule has 6 aliphatic rings. The summed E-state index contributed by atoms with van der Waals surface area (Å²) in [5.41, 5.74) is 16.9. The number of nitrogens with zero attached hydrogens (tertiary/aromatic N) is 2. The first-order chi connectivity index (χ1) is 19.3. The highest BCUT2D eigenvalue weighted by molar-refractivity contribution is 6.04. The number of anilines is 1. The highest BCUT2D eigenvalue weighted by Crippen LogP contribution is 2.52. The van der Waals surface area contributed by atoms with Gasteiger partial charge in [0.1, 0.15) is 6.54 Å². The quantitative estimate of drug-likeness (QED) is 0.354. The summed E-state index contributed by atoms with van der Waals surface area (Å²) in [4.78, 5) is 2.66. The Balaban J connectivity index is 1.16. The Kier molecular flexibility index (Phi) is 5.35. The van der Waals surface area contributed by atoms with E-state index in [0.717, 1.165) is 19.0 Å². The van der Waals surface area contributed by atoms with Crippen molar-refractivity contribution in [3.8, 4) is 0 Å². The van der Waals surface area contributed by atoms with Gasteiger partial charge in [-0.1, -0.05) is 62.4 Å². The van der Waals surface area contributed by atoms with E-state index in [1.807, 2.05) is 0 Å². The summed E-state index contributed by atoms with van der Waals surface area (Å²) in [5.74, 6) is 0.718. The molecule has 1 unspecified atom stereocenters. The van der Waals surface area contributed by atoms with Crippen LogP contribution in [0.4, 0.5) is 11.4 Å². The molecule has 4 aliphatic heterocycles. The summed E-state index contributed by atoms with van der Waals surface area (Å²) in [6, 6.07) is 14.0. The maximum atomic E-state index is 2.66. The second-order valence-corrected chi connectivity index (χ2v) is 14.2. The maximum Gasteiger partial charge on any atom is 0.212 e. The minimum absolute atomic E-state index is 0.0619. The Morgan fingerprint density at radius 2 is 1.57 bits per heavy atom. The van der Waals surface area contributed by atoms with Gasteiger partial charge in [-0.25, -0.2) is 0 Å². The lowest BCUT2D eigenvalue weighted by atomic mass is 9.75. The van der Waals surface area contributed by atoms with E-state index in [9.17, 15) is 0 Å². The highest BCUT2D eigenvalue weighted by Gasteiger charge is 2.47. The Morgan fingerprint density at radius 1 is 0.800 bits per heavy atom. The summed E-state index contributed by atoms with van der Waals surface area (Å²) < 4.78 is 2.66. The highest BCUT2D eigenvalue weighted by atomic mass is 15.2. The van der Waals surface area contributed by atoms with Gasteiger partial charge in [0.2, 0.25) is 5.69 Å². The van der Waals surface area contributed by atoms with Crippen molar-refractivity contribution < 1.29 is 4.58 Å². The molecule has 40 heavy (non-hydrogen) atoms. The van der Waals surface area contributed by atoms with Crippen LogP contribution in [0, 0.1) is 5.92 Å². The number of aryl methyl sites for hydroxylation is 2. The number of hydrogen-bond acceptors (Lipinski definition) is 1. The molecule has 0 saturated heterocycles. The molecule has 2 aromatic carbocycles. The monoisotopic (exact) mass is 527 g/mol. The fourth-order valence-electron chi connectivity index (χ4n) is 8.85. The molecule has 204 valence electrons. The lowest BCUT2D eigenvalue weighted by Gasteiger charge is -2.32. The van der Waals surface area contributed by atoms with Gasteiger partial charge in [-0.2, -0.15) is 4.58 Å². The van der Waals surface area contributed by atoms with Crippen LogP contribution in [0.3, 0.4) is 0 Å². The summed E-state index contributed by atoms with van der Waals surface area (Å²) in [5, 5.41) is 0. The third kappa shape index (κ3) is 3.50. The van der Waals surface area contributed by atoms with E-state index in [1.54, 1.807) is 5.57 Å². The number of rotatable bonds is 2. The number of allylic oxidation sites excluding steroid dienone is 8. The minimum Gasteiger partial charge on any atom is -0.344 e. The Labute approximate surface area is 240 Å². The van der Waals surface area contributed by atoms with Gasteiger partial charge in [0.15, 0.2) is 5.71 Å². The fourth-order valence-corrected chi connectivity index (χ4v) is 8.85. The summed E-state index contributed by atoms with van der Waals surface area (Å²) in [6.45, 7) is 12.0. The molecule has 0 radical (unpaired) electrons. The van der Waals surface area contributed by atoms with Crippen molar-refractivity contribution in [2.45, 2.75) is 89.9 Å². The van der Waals surface area contributed by atoms with E-state index >= 15 is 0 Å². The van der Waals surface area contributed by atoms with E-state index in [0.29, 0.717) is 0 Å². The van der Waals surface area contributed by atoms with Crippen LogP contribution in [0.15, 0.2) is 83.1 Å². The molecule has 2 aliphatic carbocycles. The molecule has 2 aromatic rings. The molecule has 0 N–H and O–H groups in total. The lowest BCUT2D eigenvalue weighted by molar-refractivity contribution is -0.443. The zero-order chi connectivity index (χ0) is 27.2.